The number of nitrogens with zero attached hydrogens (tertiary/aromatic N) is 4. The molecule has 0 saturated carbocycles. The van der Waals surface area contributed by atoms with Gasteiger partial charge >= 0.3 is 0 Å². The molecule has 7 nitrogen and oxygen atoms in total. The van der Waals surface area contributed by atoms with Crippen molar-refractivity contribution in [2.24, 2.45) is 13.0 Å². The first kappa shape index (κ1) is 17.9. The Morgan fingerprint density at radius 3 is 2.92 bits per heavy atom. The molecule has 7 heteroatoms. The van der Waals surface area contributed by atoms with Gasteiger partial charge in [0, 0.05) is 50.4 Å². The number of aryl methyl sites for hydroxylation is 1. The SMILES string of the molecule is CCN1CCC[C@H]1CN1C[C@H](C(=O)NCc2cnn(C)c2C)CC1=O. The first-order chi connectivity index (χ1) is 12.0. The minimum atomic E-state index is -0.235. The molecule has 3 heterocycles. The molecule has 138 valence electrons. The van der Waals surface area contributed by atoms with Gasteiger partial charge in [-0.3, -0.25) is 19.2 Å². The molecule has 2 aliphatic heterocycles. The van der Waals surface area contributed by atoms with Crippen molar-refractivity contribution in [3.8, 4) is 0 Å². The van der Waals surface area contributed by atoms with E-state index in [0.29, 0.717) is 25.6 Å². The number of rotatable bonds is 6. The molecule has 0 aliphatic carbocycles. The lowest BCUT2D eigenvalue weighted by Gasteiger charge is -2.27. The van der Waals surface area contributed by atoms with Crippen molar-refractivity contribution in [3.05, 3.63) is 17.5 Å². The smallest absolute Gasteiger partial charge is 0.225 e. The summed E-state index contributed by atoms with van der Waals surface area (Å²) >= 11 is 0. The van der Waals surface area contributed by atoms with Crippen molar-refractivity contribution >= 4 is 11.8 Å². The third-order valence-electron chi connectivity index (χ3n) is 5.71. The molecule has 2 saturated heterocycles. The van der Waals surface area contributed by atoms with Crippen molar-refractivity contribution in [3.63, 3.8) is 0 Å². The molecule has 1 aromatic heterocycles. The molecule has 0 aromatic carbocycles. The highest BCUT2D eigenvalue weighted by molar-refractivity contribution is 5.89. The van der Waals surface area contributed by atoms with Crippen LogP contribution in [-0.2, 0) is 23.2 Å². The number of carbonyl (C=O) groups is 2. The zero-order valence-corrected chi connectivity index (χ0v) is 15.5. The number of carbonyl (C=O) groups excluding carboxylic acids is 2. The number of likely N-dealkylation sites (N-methyl/N-ethyl adjacent to an activating group) is 1. The second-order valence-electron chi connectivity index (χ2n) is 7.22. The lowest BCUT2D eigenvalue weighted by molar-refractivity contribution is -0.129. The molecule has 2 aliphatic rings. The standard InChI is InChI=1S/C18H29N5O2/c1-4-22-7-5-6-16(22)12-23-11-14(8-17(23)24)18(25)19-9-15-10-20-21(3)13(15)2/h10,14,16H,4-9,11-12H2,1-3H3,(H,19,25)/t14-,16+/m1/s1. The van der Waals surface area contributed by atoms with Gasteiger partial charge in [0.05, 0.1) is 12.1 Å². The van der Waals surface area contributed by atoms with Gasteiger partial charge in [-0.15, -0.1) is 0 Å². The largest absolute Gasteiger partial charge is 0.352 e. The van der Waals surface area contributed by atoms with Crippen LogP contribution in [0.5, 0.6) is 0 Å². The number of aromatic nitrogens is 2. The van der Waals surface area contributed by atoms with Crippen LogP contribution in [0.15, 0.2) is 6.20 Å². The van der Waals surface area contributed by atoms with E-state index in [9.17, 15) is 9.59 Å². The summed E-state index contributed by atoms with van der Waals surface area (Å²) in [6.45, 7) is 8.08. The van der Waals surface area contributed by atoms with Crippen LogP contribution in [0.1, 0.15) is 37.4 Å². The van der Waals surface area contributed by atoms with Crippen LogP contribution in [0.25, 0.3) is 0 Å². The van der Waals surface area contributed by atoms with Crippen LogP contribution in [0, 0.1) is 12.8 Å². The number of hydrogen-bond acceptors (Lipinski definition) is 4. The highest BCUT2D eigenvalue weighted by Crippen LogP contribution is 2.23. The molecule has 1 N–H and O–H groups in total. The predicted molar refractivity (Wildman–Crippen MR) is 94.7 cm³/mol. The molecule has 2 atom stereocenters. The molecule has 0 spiro atoms. The number of amides is 2. The monoisotopic (exact) mass is 347 g/mol. The van der Waals surface area contributed by atoms with Crippen molar-refractivity contribution < 1.29 is 9.59 Å². The molecule has 0 radical (unpaired) electrons. The zero-order chi connectivity index (χ0) is 18.0. The van der Waals surface area contributed by atoms with E-state index < -0.39 is 0 Å². The topological polar surface area (TPSA) is 70.5 Å². The summed E-state index contributed by atoms with van der Waals surface area (Å²) in [7, 11) is 1.89. The quantitative estimate of drug-likeness (QED) is 0.821. The third kappa shape index (κ3) is 3.86. The van der Waals surface area contributed by atoms with Gasteiger partial charge in [-0.25, -0.2) is 0 Å². The maximum absolute atomic E-state index is 12.5. The second-order valence-corrected chi connectivity index (χ2v) is 7.22. The van der Waals surface area contributed by atoms with E-state index in [1.54, 1.807) is 10.9 Å². The first-order valence-electron chi connectivity index (χ1n) is 9.26. The summed E-state index contributed by atoms with van der Waals surface area (Å²) in [4.78, 5) is 29.1. The summed E-state index contributed by atoms with van der Waals surface area (Å²) in [5.74, 6) is -0.153. The van der Waals surface area contributed by atoms with Crippen molar-refractivity contribution in [2.75, 3.05) is 26.2 Å². The van der Waals surface area contributed by atoms with Crippen LogP contribution >= 0.6 is 0 Å². The molecule has 0 unspecified atom stereocenters. The Morgan fingerprint density at radius 2 is 2.24 bits per heavy atom. The minimum Gasteiger partial charge on any atom is -0.352 e. The Hall–Kier alpha value is -1.89. The van der Waals surface area contributed by atoms with Crippen molar-refractivity contribution in [1.29, 1.82) is 0 Å². The van der Waals surface area contributed by atoms with Gasteiger partial charge in [0.15, 0.2) is 0 Å². The maximum atomic E-state index is 12.5. The van der Waals surface area contributed by atoms with Gasteiger partial charge in [-0.1, -0.05) is 6.92 Å². The van der Waals surface area contributed by atoms with Gasteiger partial charge in [0.1, 0.15) is 0 Å². The van der Waals surface area contributed by atoms with Crippen LogP contribution < -0.4 is 5.32 Å². The summed E-state index contributed by atoms with van der Waals surface area (Å²) in [5, 5.41) is 7.15. The van der Waals surface area contributed by atoms with Gasteiger partial charge < -0.3 is 10.2 Å². The number of hydrogen-bond donors (Lipinski definition) is 1. The third-order valence-corrected chi connectivity index (χ3v) is 5.71. The first-order valence-corrected chi connectivity index (χ1v) is 9.26. The van der Waals surface area contributed by atoms with Crippen molar-refractivity contribution in [2.45, 2.75) is 45.7 Å². The van der Waals surface area contributed by atoms with Crippen LogP contribution in [0.4, 0.5) is 0 Å². The Morgan fingerprint density at radius 1 is 1.44 bits per heavy atom. The van der Waals surface area contributed by atoms with E-state index in [-0.39, 0.29) is 17.7 Å². The summed E-state index contributed by atoms with van der Waals surface area (Å²) in [6.07, 6.45) is 4.46. The lowest BCUT2D eigenvalue weighted by Crippen LogP contribution is -2.41. The highest BCUT2D eigenvalue weighted by Gasteiger charge is 2.36. The van der Waals surface area contributed by atoms with Gasteiger partial charge in [0.2, 0.25) is 11.8 Å². The van der Waals surface area contributed by atoms with E-state index in [0.717, 1.165) is 37.3 Å². The fraction of sp³-hybridized carbons (Fsp3) is 0.722. The van der Waals surface area contributed by atoms with Gasteiger partial charge in [0.25, 0.3) is 0 Å². The van der Waals surface area contributed by atoms with Crippen molar-refractivity contribution in [1.82, 2.24) is 24.9 Å². The molecule has 25 heavy (non-hydrogen) atoms. The lowest BCUT2D eigenvalue weighted by atomic mass is 10.1. The van der Waals surface area contributed by atoms with Crippen LogP contribution in [0.2, 0.25) is 0 Å². The fourth-order valence-corrected chi connectivity index (χ4v) is 3.94. The maximum Gasteiger partial charge on any atom is 0.225 e. The Bertz CT molecular complexity index is 641. The molecular formula is C18H29N5O2. The van der Waals surface area contributed by atoms with Crippen LogP contribution in [0.3, 0.4) is 0 Å². The Balaban J connectivity index is 1.51. The molecular weight excluding hydrogens is 318 g/mol. The highest BCUT2D eigenvalue weighted by atomic mass is 16.2. The average molecular weight is 347 g/mol. The summed E-state index contributed by atoms with van der Waals surface area (Å²) in [6, 6.07) is 0.453. The Kier molecular flexibility index (Phi) is 5.42. The summed E-state index contributed by atoms with van der Waals surface area (Å²) in [5.41, 5.74) is 2.06. The number of likely N-dealkylation sites (tertiary alicyclic amines) is 2. The Labute approximate surface area is 149 Å². The zero-order valence-electron chi connectivity index (χ0n) is 15.5. The van der Waals surface area contributed by atoms with E-state index in [4.69, 9.17) is 0 Å². The second kappa shape index (κ2) is 7.56. The molecule has 2 amide bonds. The van der Waals surface area contributed by atoms with E-state index in [1.807, 2.05) is 18.9 Å². The van der Waals surface area contributed by atoms with Crippen LogP contribution in [-0.4, -0.2) is 63.6 Å². The fourth-order valence-electron chi connectivity index (χ4n) is 3.94. The molecule has 2 fully saturated rings. The normalized spacial score (nSPS) is 24.3. The molecule has 3 rings (SSSR count). The molecule has 0 bridgehead atoms. The minimum absolute atomic E-state index is 0.0297. The van der Waals surface area contributed by atoms with E-state index >= 15 is 0 Å². The predicted octanol–water partition coefficient (Wildman–Crippen LogP) is 0.678. The average Bonchev–Trinajstić information content (AvgIpc) is 3.28. The van der Waals surface area contributed by atoms with Gasteiger partial charge in [-0.05, 0) is 32.9 Å². The summed E-state index contributed by atoms with van der Waals surface area (Å²) < 4.78 is 1.80. The van der Waals surface area contributed by atoms with Gasteiger partial charge in [-0.2, -0.15) is 5.10 Å². The van der Waals surface area contributed by atoms with E-state index in [1.165, 1.54) is 6.42 Å². The molecule has 1 aromatic rings. The van der Waals surface area contributed by atoms with E-state index in [2.05, 4.69) is 22.2 Å². The number of nitrogens with one attached hydrogen (secondary N) is 1.